The van der Waals surface area contributed by atoms with Crippen molar-refractivity contribution in [1.29, 1.82) is 0 Å². The third kappa shape index (κ3) is 5.51. The van der Waals surface area contributed by atoms with E-state index >= 15 is 0 Å². The Morgan fingerprint density at radius 2 is 1.36 bits per heavy atom. The van der Waals surface area contributed by atoms with Crippen LogP contribution in [0.25, 0.3) is 0 Å². The van der Waals surface area contributed by atoms with Crippen LogP contribution in [0.15, 0.2) is 0 Å². The van der Waals surface area contributed by atoms with Crippen molar-refractivity contribution in [2.45, 2.75) is 53.1 Å². The molecule has 0 rings (SSSR count). The summed E-state index contributed by atoms with van der Waals surface area (Å²) in [7, 11) is 0. The molecule has 0 saturated heterocycles. The van der Waals surface area contributed by atoms with E-state index in [2.05, 4.69) is 46.9 Å². The van der Waals surface area contributed by atoms with E-state index in [0.29, 0.717) is 12.0 Å². The van der Waals surface area contributed by atoms with Crippen molar-refractivity contribution in [3.05, 3.63) is 0 Å². The lowest BCUT2D eigenvalue weighted by atomic mass is 9.90. The lowest BCUT2D eigenvalue weighted by Gasteiger charge is -2.32. The first kappa shape index (κ1) is 13.8. The zero-order chi connectivity index (χ0) is 8.36. The van der Waals surface area contributed by atoms with Crippen molar-refractivity contribution in [2.24, 2.45) is 5.92 Å². The van der Waals surface area contributed by atoms with E-state index in [1.54, 1.807) is 0 Å². The highest BCUT2D eigenvalue weighted by atomic mass is 35.5. The van der Waals surface area contributed by atoms with Crippen molar-refractivity contribution in [3.63, 3.8) is 0 Å². The second-order valence-electron chi connectivity index (χ2n) is 4.18. The lowest BCUT2D eigenvalue weighted by molar-refractivity contribution is 0.267. The molecule has 0 aliphatic carbocycles. The second-order valence-corrected chi connectivity index (χ2v) is 4.18. The van der Waals surface area contributed by atoms with Gasteiger partial charge in [-0.3, -0.25) is 0 Å². The predicted octanol–water partition coefficient (Wildman–Crippen LogP) is 2.84. The van der Waals surface area contributed by atoms with Gasteiger partial charge in [0.2, 0.25) is 0 Å². The third-order valence-electron chi connectivity index (χ3n) is 2.10. The first-order valence-corrected chi connectivity index (χ1v) is 4.14. The van der Waals surface area contributed by atoms with Gasteiger partial charge in [0.15, 0.2) is 0 Å². The van der Waals surface area contributed by atoms with E-state index < -0.39 is 0 Å². The molecule has 11 heavy (non-hydrogen) atoms. The van der Waals surface area contributed by atoms with Crippen molar-refractivity contribution in [1.82, 2.24) is 5.32 Å². The van der Waals surface area contributed by atoms with Gasteiger partial charge in [-0.25, -0.2) is 0 Å². The molecule has 0 aliphatic heterocycles. The third-order valence-corrected chi connectivity index (χ3v) is 2.10. The molecule has 1 N–H and O–H groups in total. The van der Waals surface area contributed by atoms with Crippen LogP contribution in [0.3, 0.4) is 0 Å². The minimum Gasteiger partial charge on any atom is -0.309 e. The molecule has 0 radical (unpaired) electrons. The molecular formula is C9H22ClN. The van der Waals surface area contributed by atoms with Crippen LogP contribution >= 0.6 is 12.4 Å². The fourth-order valence-corrected chi connectivity index (χ4v) is 0.911. The number of hydrogen-bond donors (Lipinski definition) is 1. The zero-order valence-corrected chi connectivity index (χ0v) is 9.38. The Labute approximate surface area is 77.4 Å². The maximum Gasteiger partial charge on any atom is 0.0150 e. The van der Waals surface area contributed by atoms with Crippen LogP contribution in [0.4, 0.5) is 0 Å². The smallest absolute Gasteiger partial charge is 0.0150 e. The minimum absolute atomic E-state index is 0. The summed E-state index contributed by atoms with van der Waals surface area (Å²) in [5, 5.41) is 3.52. The molecule has 0 aliphatic rings. The number of halogens is 1. The first-order valence-electron chi connectivity index (χ1n) is 4.14. The molecule has 0 amide bonds. The van der Waals surface area contributed by atoms with Crippen LogP contribution in [-0.2, 0) is 0 Å². The molecule has 0 aromatic carbocycles. The summed E-state index contributed by atoms with van der Waals surface area (Å²) in [6.45, 7) is 13.4. The molecular weight excluding hydrogens is 158 g/mol. The molecule has 0 spiro atoms. The molecule has 0 bridgehead atoms. The van der Waals surface area contributed by atoms with Gasteiger partial charge in [-0.05, 0) is 19.8 Å². The summed E-state index contributed by atoms with van der Waals surface area (Å²) in [6.07, 6.45) is 0. The maximum absolute atomic E-state index is 3.52. The van der Waals surface area contributed by atoms with Gasteiger partial charge in [0, 0.05) is 11.6 Å². The van der Waals surface area contributed by atoms with Crippen molar-refractivity contribution in [3.8, 4) is 0 Å². The Morgan fingerprint density at radius 3 is 1.45 bits per heavy atom. The van der Waals surface area contributed by atoms with Crippen LogP contribution in [-0.4, -0.2) is 11.6 Å². The van der Waals surface area contributed by atoms with Crippen LogP contribution in [0.1, 0.15) is 41.5 Å². The fraction of sp³-hybridized carbons (Fsp3) is 1.00. The maximum atomic E-state index is 3.52. The Kier molecular flexibility index (Phi) is 6.27. The first-order chi connectivity index (χ1) is 4.36. The minimum atomic E-state index is 0. The van der Waals surface area contributed by atoms with Crippen LogP contribution in [0.5, 0.6) is 0 Å². The molecule has 0 unspecified atom stereocenters. The number of nitrogens with one attached hydrogen (secondary N) is 1. The van der Waals surface area contributed by atoms with E-state index in [1.807, 2.05) is 0 Å². The van der Waals surface area contributed by atoms with E-state index in [1.165, 1.54) is 0 Å². The largest absolute Gasteiger partial charge is 0.309 e. The highest BCUT2D eigenvalue weighted by molar-refractivity contribution is 5.85. The topological polar surface area (TPSA) is 12.0 Å². The van der Waals surface area contributed by atoms with E-state index in [-0.39, 0.29) is 17.9 Å². The van der Waals surface area contributed by atoms with Gasteiger partial charge in [0.25, 0.3) is 0 Å². The molecule has 0 atom stereocenters. The average molecular weight is 180 g/mol. The second kappa shape index (κ2) is 5.00. The molecule has 0 aromatic heterocycles. The molecule has 0 aromatic rings. The quantitative estimate of drug-likeness (QED) is 0.703. The summed E-state index contributed by atoms with van der Waals surface area (Å²) >= 11 is 0. The summed E-state index contributed by atoms with van der Waals surface area (Å²) in [5.41, 5.74) is 0.272. The average Bonchev–Trinajstić information content (AvgIpc) is 1.60. The number of hydrogen-bond acceptors (Lipinski definition) is 1. The highest BCUT2D eigenvalue weighted by Crippen LogP contribution is 2.15. The Balaban J connectivity index is 0. The van der Waals surface area contributed by atoms with Crippen molar-refractivity contribution < 1.29 is 0 Å². The van der Waals surface area contributed by atoms with E-state index in [0.717, 1.165) is 0 Å². The summed E-state index contributed by atoms with van der Waals surface area (Å²) in [6, 6.07) is 0.581. The number of rotatable bonds is 3. The fourth-order valence-electron chi connectivity index (χ4n) is 0.911. The highest BCUT2D eigenvalue weighted by Gasteiger charge is 2.21. The Morgan fingerprint density at radius 1 is 1.00 bits per heavy atom. The van der Waals surface area contributed by atoms with Gasteiger partial charge < -0.3 is 5.32 Å². The van der Waals surface area contributed by atoms with E-state index in [4.69, 9.17) is 0 Å². The summed E-state index contributed by atoms with van der Waals surface area (Å²) in [4.78, 5) is 0. The normalized spacial score (nSPS) is 12.0. The van der Waals surface area contributed by atoms with Gasteiger partial charge in [0.05, 0.1) is 0 Å². The van der Waals surface area contributed by atoms with Gasteiger partial charge in [-0.15, -0.1) is 12.4 Å². The molecule has 2 heteroatoms. The SMILES string of the molecule is CC(C)NC(C)(C)C(C)C.Cl. The lowest BCUT2D eigenvalue weighted by Crippen LogP contribution is -2.47. The molecule has 0 fully saturated rings. The van der Waals surface area contributed by atoms with Crippen molar-refractivity contribution >= 4 is 12.4 Å². The molecule has 0 heterocycles. The molecule has 1 nitrogen and oxygen atoms in total. The van der Waals surface area contributed by atoms with Crippen LogP contribution < -0.4 is 5.32 Å². The van der Waals surface area contributed by atoms with Gasteiger partial charge in [-0.1, -0.05) is 27.7 Å². The van der Waals surface area contributed by atoms with Crippen LogP contribution in [0.2, 0.25) is 0 Å². The Bertz CT molecular complexity index is 97.7. The van der Waals surface area contributed by atoms with E-state index in [9.17, 15) is 0 Å². The standard InChI is InChI=1S/C9H21N.ClH/c1-7(2)9(5,6)10-8(3)4;/h7-8,10H,1-6H3;1H. The predicted molar refractivity (Wildman–Crippen MR) is 54.4 cm³/mol. The summed E-state index contributed by atoms with van der Waals surface area (Å²) in [5.74, 6) is 0.690. The van der Waals surface area contributed by atoms with Gasteiger partial charge in [-0.2, -0.15) is 0 Å². The van der Waals surface area contributed by atoms with Gasteiger partial charge in [0.1, 0.15) is 0 Å². The van der Waals surface area contributed by atoms with Crippen LogP contribution in [0, 0.1) is 5.92 Å². The van der Waals surface area contributed by atoms with Gasteiger partial charge >= 0.3 is 0 Å². The summed E-state index contributed by atoms with van der Waals surface area (Å²) < 4.78 is 0. The monoisotopic (exact) mass is 179 g/mol. The van der Waals surface area contributed by atoms with Crippen molar-refractivity contribution in [2.75, 3.05) is 0 Å². The molecule has 0 saturated carbocycles. The zero-order valence-electron chi connectivity index (χ0n) is 8.56. The Hall–Kier alpha value is 0.250. The molecule has 70 valence electrons.